The van der Waals surface area contributed by atoms with Crippen molar-refractivity contribution in [3.8, 4) is 35.5 Å². The van der Waals surface area contributed by atoms with Gasteiger partial charge in [0.25, 0.3) is 0 Å². The molecule has 4 rings (SSSR count). The lowest BCUT2D eigenvalue weighted by atomic mass is 10.0. The van der Waals surface area contributed by atoms with Gasteiger partial charge in [0, 0.05) is 60.2 Å². The van der Waals surface area contributed by atoms with Crippen LogP contribution in [-0.4, -0.2) is 0 Å². The summed E-state index contributed by atoms with van der Waals surface area (Å²) in [6, 6.07) is 11.9. The maximum absolute atomic E-state index is 3.57. The summed E-state index contributed by atoms with van der Waals surface area (Å²) in [6.07, 6.45) is 0. The molecule has 0 heterocycles. The fourth-order valence-corrected chi connectivity index (χ4v) is 4.73. The zero-order chi connectivity index (χ0) is 21.4. The van der Waals surface area contributed by atoms with Crippen LogP contribution in [0, 0.1) is 35.5 Å². The van der Waals surface area contributed by atoms with Crippen LogP contribution >= 0.6 is 95.6 Å². The average Bonchev–Trinajstić information content (AvgIpc) is 2.70. The average molecular weight is 774 g/mol. The van der Waals surface area contributed by atoms with Crippen molar-refractivity contribution in [1.82, 2.24) is 0 Å². The Hall–Kier alpha value is -0.780. The van der Waals surface area contributed by atoms with Crippen molar-refractivity contribution in [2.45, 2.75) is 0 Å². The second-order valence-corrected chi connectivity index (χ2v) is 11.3. The van der Waals surface area contributed by atoms with Crippen LogP contribution < -0.4 is 0 Å². The minimum absolute atomic E-state index is 0.842. The molecule has 144 valence electrons. The van der Waals surface area contributed by atoms with Crippen LogP contribution in [0.1, 0.15) is 33.4 Å². The zero-order valence-corrected chi connectivity index (χ0v) is 24.2. The van der Waals surface area contributed by atoms with Gasteiger partial charge in [0.2, 0.25) is 0 Å². The molecular weight excluding hydrogens is 768 g/mol. The quantitative estimate of drug-likeness (QED) is 0.157. The molecule has 0 aliphatic heterocycles. The summed E-state index contributed by atoms with van der Waals surface area (Å²) in [5, 5.41) is 0. The third-order valence-corrected chi connectivity index (χ3v) is 9.71. The van der Waals surface area contributed by atoms with Crippen LogP contribution in [0.5, 0.6) is 0 Å². The molecule has 0 spiro atoms. The van der Waals surface area contributed by atoms with Crippen LogP contribution in [0.25, 0.3) is 0 Å². The van der Waals surface area contributed by atoms with Gasteiger partial charge in [-0.1, -0.05) is 35.5 Å². The van der Waals surface area contributed by atoms with Gasteiger partial charge in [-0.2, -0.15) is 0 Å². The molecule has 0 aromatic heterocycles. The molecule has 0 nitrogen and oxygen atoms in total. The van der Waals surface area contributed by atoms with E-state index in [9.17, 15) is 0 Å². The second-order valence-electron chi connectivity index (χ2n) is 6.19. The molecular formula is C24H6Br6. The number of fused-ring (bicyclic) bond motifs is 3. The normalized spacial score (nSPS) is 11.0. The van der Waals surface area contributed by atoms with E-state index in [2.05, 4.69) is 131 Å². The van der Waals surface area contributed by atoms with Crippen molar-refractivity contribution in [3.63, 3.8) is 0 Å². The number of rotatable bonds is 0. The summed E-state index contributed by atoms with van der Waals surface area (Å²) in [6.45, 7) is 0. The monoisotopic (exact) mass is 768 g/mol. The number of halogens is 6. The summed E-state index contributed by atoms with van der Waals surface area (Å²) >= 11 is 21.4. The molecule has 1 aliphatic carbocycles. The molecule has 3 aromatic rings. The molecule has 0 saturated heterocycles. The van der Waals surface area contributed by atoms with E-state index in [4.69, 9.17) is 0 Å². The van der Waals surface area contributed by atoms with Crippen molar-refractivity contribution < 1.29 is 0 Å². The van der Waals surface area contributed by atoms with Gasteiger partial charge >= 0.3 is 0 Å². The van der Waals surface area contributed by atoms with Gasteiger partial charge in [0.1, 0.15) is 0 Å². The van der Waals surface area contributed by atoms with Gasteiger partial charge in [-0.05, 0) is 132 Å². The van der Waals surface area contributed by atoms with E-state index in [1.54, 1.807) is 0 Å². The third-order valence-electron chi connectivity index (χ3n) is 4.18. The standard InChI is InChI=1S/C24H6Br6/c25-19-7-13-1-2-14-8-20(26)22(28)10-16(14)5-6-18-12-24(30)23(29)11-17(18)4-3-15(13)9-21(19)27/h7-12H. The summed E-state index contributed by atoms with van der Waals surface area (Å²) in [7, 11) is 0. The van der Waals surface area contributed by atoms with Crippen molar-refractivity contribution in [2.75, 3.05) is 0 Å². The van der Waals surface area contributed by atoms with Crippen molar-refractivity contribution >= 4 is 95.6 Å². The Kier molecular flexibility index (Phi) is 7.01. The molecule has 0 atom stereocenters. The minimum Gasteiger partial charge on any atom is -0.0603 e. The maximum Gasteiger partial charge on any atom is 0.0417 e. The van der Waals surface area contributed by atoms with E-state index >= 15 is 0 Å². The lowest BCUT2D eigenvalue weighted by Gasteiger charge is -2.05. The Morgan fingerprint density at radius 1 is 0.300 bits per heavy atom. The Morgan fingerprint density at radius 2 is 0.433 bits per heavy atom. The smallest absolute Gasteiger partial charge is 0.0417 e. The third kappa shape index (κ3) is 4.83. The molecule has 0 saturated carbocycles. The van der Waals surface area contributed by atoms with E-state index in [-0.39, 0.29) is 0 Å². The highest BCUT2D eigenvalue weighted by Crippen LogP contribution is 2.30. The summed E-state index contributed by atoms with van der Waals surface area (Å²) in [4.78, 5) is 0. The fourth-order valence-electron chi connectivity index (χ4n) is 2.67. The first-order valence-electron chi connectivity index (χ1n) is 8.35. The topological polar surface area (TPSA) is 0 Å². The van der Waals surface area contributed by atoms with E-state index in [1.807, 2.05) is 36.4 Å². The van der Waals surface area contributed by atoms with Gasteiger partial charge in [-0.3, -0.25) is 0 Å². The first kappa shape index (κ1) is 22.4. The van der Waals surface area contributed by atoms with Crippen LogP contribution in [0.15, 0.2) is 63.2 Å². The Balaban J connectivity index is 2.08. The minimum atomic E-state index is 0.842. The van der Waals surface area contributed by atoms with E-state index < -0.39 is 0 Å². The van der Waals surface area contributed by atoms with E-state index in [1.165, 1.54) is 0 Å². The number of hydrogen-bond donors (Lipinski definition) is 0. The molecule has 1 aliphatic rings. The summed E-state index contributed by atoms with van der Waals surface area (Å²) in [5.41, 5.74) is 5.05. The fraction of sp³-hybridized carbons (Fsp3) is 0. The predicted octanol–water partition coefficient (Wildman–Crippen LogP) is 8.77. The van der Waals surface area contributed by atoms with Crippen molar-refractivity contribution in [2.24, 2.45) is 0 Å². The van der Waals surface area contributed by atoms with E-state index in [0.717, 1.165) is 60.2 Å². The molecule has 0 bridgehead atoms. The largest absolute Gasteiger partial charge is 0.0603 e. The van der Waals surface area contributed by atoms with Crippen LogP contribution in [0.2, 0.25) is 0 Å². The summed E-state index contributed by atoms with van der Waals surface area (Å²) < 4.78 is 5.55. The molecule has 0 unspecified atom stereocenters. The van der Waals surface area contributed by atoms with Crippen molar-refractivity contribution in [1.29, 1.82) is 0 Å². The van der Waals surface area contributed by atoms with Crippen molar-refractivity contribution in [3.05, 3.63) is 96.6 Å². The zero-order valence-electron chi connectivity index (χ0n) is 14.7. The molecule has 0 amide bonds. The lowest BCUT2D eigenvalue weighted by Crippen LogP contribution is -1.91. The first-order chi connectivity index (χ1) is 14.3. The summed E-state index contributed by atoms with van der Waals surface area (Å²) in [5.74, 6) is 19.6. The highest BCUT2D eigenvalue weighted by Gasteiger charge is 2.09. The highest BCUT2D eigenvalue weighted by atomic mass is 79.9. The van der Waals surface area contributed by atoms with Crippen LogP contribution in [0.3, 0.4) is 0 Å². The predicted molar refractivity (Wildman–Crippen MR) is 143 cm³/mol. The molecule has 0 fully saturated rings. The molecule has 0 radical (unpaired) electrons. The van der Waals surface area contributed by atoms with Gasteiger partial charge in [-0.15, -0.1) is 0 Å². The van der Waals surface area contributed by atoms with Crippen LogP contribution in [0.4, 0.5) is 0 Å². The Labute approximate surface area is 225 Å². The lowest BCUT2D eigenvalue weighted by molar-refractivity contribution is 1.48. The highest BCUT2D eigenvalue weighted by molar-refractivity contribution is 9.13. The second kappa shape index (κ2) is 9.38. The number of hydrogen-bond acceptors (Lipinski definition) is 0. The molecule has 30 heavy (non-hydrogen) atoms. The van der Waals surface area contributed by atoms with E-state index in [0.29, 0.717) is 0 Å². The van der Waals surface area contributed by atoms with Gasteiger partial charge in [-0.25, -0.2) is 0 Å². The molecule has 0 N–H and O–H groups in total. The maximum atomic E-state index is 3.57. The SMILES string of the molecule is Brc1cc2c(cc1Br)C#Cc1cc(Br)c(Br)cc1C#Cc1cc(Br)c(Br)cc1C#C2. The molecule has 3 aromatic carbocycles. The van der Waals surface area contributed by atoms with Crippen LogP contribution in [-0.2, 0) is 0 Å². The van der Waals surface area contributed by atoms with Gasteiger partial charge in [0.05, 0.1) is 0 Å². The Bertz CT molecular complexity index is 1140. The van der Waals surface area contributed by atoms with Gasteiger partial charge < -0.3 is 0 Å². The first-order valence-corrected chi connectivity index (χ1v) is 13.1. The van der Waals surface area contributed by atoms with Gasteiger partial charge in [0.15, 0.2) is 0 Å². The number of benzene rings is 3. The Morgan fingerprint density at radius 3 is 0.567 bits per heavy atom. The molecule has 6 heteroatoms.